The van der Waals surface area contributed by atoms with Gasteiger partial charge in [0.2, 0.25) is 0 Å². The van der Waals surface area contributed by atoms with E-state index in [2.05, 4.69) is 6.92 Å². The van der Waals surface area contributed by atoms with E-state index in [0.29, 0.717) is 24.2 Å². The number of amides is 1. The lowest BCUT2D eigenvalue weighted by Crippen LogP contribution is -2.60. The number of piperidine rings is 1. The molecule has 0 aromatic carbocycles. The molecule has 0 saturated carbocycles. The van der Waals surface area contributed by atoms with Crippen LogP contribution in [0.1, 0.15) is 65.6 Å². The first-order valence-electron chi connectivity index (χ1n) is 10.6. The molecule has 2 fully saturated rings. The number of unbranched alkanes of at least 4 members (excludes halogenated alkanes) is 1. The molecule has 3 heterocycles. The van der Waals surface area contributed by atoms with Gasteiger partial charge in [0.25, 0.3) is 0 Å². The molecule has 1 amide bonds. The lowest BCUT2D eigenvalue weighted by molar-refractivity contribution is -0.132. The summed E-state index contributed by atoms with van der Waals surface area (Å²) in [6.07, 6.45) is 5.81. The van der Waals surface area contributed by atoms with E-state index in [-0.39, 0.29) is 25.1 Å². The van der Waals surface area contributed by atoms with Crippen molar-refractivity contribution in [1.82, 2.24) is 4.90 Å². The molecule has 2 aliphatic heterocycles. The molecule has 1 aromatic heterocycles. The maximum absolute atomic E-state index is 13.4. The summed E-state index contributed by atoms with van der Waals surface area (Å²) in [7, 11) is 1.57. The third kappa shape index (κ3) is 4.47. The fraction of sp³-hybridized carbons (Fsp3) is 0.652. The molecule has 0 radical (unpaired) electrons. The Morgan fingerprint density at radius 3 is 2.77 bits per heavy atom. The second-order valence-corrected chi connectivity index (χ2v) is 9.09. The Kier molecular flexibility index (Phi) is 6.72. The van der Waals surface area contributed by atoms with Gasteiger partial charge in [-0.25, -0.2) is 4.79 Å². The van der Waals surface area contributed by atoms with Crippen LogP contribution in [0.5, 0.6) is 0 Å². The number of carbonyl (C=O) groups excluding carboxylic acids is 2. The van der Waals surface area contributed by atoms with Gasteiger partial charge in [0.15, 0.2) is 5.78 Å². The fourth-order valence-electron chi connectivity index (χ4n) is 4.57. The minimum absolute atomic E-state index is 0.0239. The van der Waals surface area contributed by atoms with Crippen LogP contribution in [-0.2, 0) is 19.0 Å². The van der Waals surface area contributed by atoms with Crippen LogP contribution in [0.4, 0.5) is 4.79 Å². The molecule has 3 atom stereocenters. The molecule has 166 valence electrons. The number of nitrogens with zero attached hydrogens (tertiary/aromatic N) is 1. The number of rotatable bonds is 7. The van der Waals surface area contributed by atoms with Gasteiger partial charge in [-0.2, -0.15) is 0 Å². The number of carbonyl (C=O) groups is 2. The SMILES string of the molecule is CCCC[C@]12CC(=O)/C(=C/c3ccco3)[C@H](C[C@@H]1OCOC)N2C(=O)OC(C)(C)C. The Hall–Kier alpha value is -2.12. The van der Waals surface area contributed by atoms with E-state index in [4.69, 9.17) is 18.6 Å². The number of ketones is 1. The first kappa shape index (κ1) is 22.6. The van der Waals surface area contributed by atoms with Crippen LogP contribution < -0.4 is 0 Å². The van der Waals surface area contributed by atoms with E-state index in [9.17, 15) is 9.59 Å². The van der Waals surface area contributed by atoms with Crippen molar-refractivity contribution >= 4 is 18.0 Å². The third-order valence-corrected chi connectivity index (χ3v) is 5.76. The predicted molar refractivity (Wildman–Crippen MR) is 112 cm³/mol. The van der Waals surface area contributed by atoms with Gasteiger partial charge in [0, 0.05) is 25.5 Å². The van der Waals surface area contributed by atoms with E-state index in [1.165, 1.54) is 0 Å². The molecule has 7 nitrogen and oxygen atoms in total. The fourth-order valence-corrected chi connectivity index (χ4v) is 4.57. The van der Waals surface area contributed by atoms with E-state index >= 15 is 0 Å². The number of hydrogen-bond donors (Lipinski definition) is 0. The van der Waals surface area contributed by atoms with Crippen molar-refractivity contribution in [1.29, 1.82) is 0 Å². The van der Waals surface area contributed by atoms with E-state index in [0.717, 1.165) is 12.8 Å². The number of methoxy groups -OCH3 is 1. The van der Waals surface area contributed by atoms with Crippen LogP contribution in [0.25, 0.3) is 6.08 Å². The first-order valence-corrected chi connectivity index (χ1v) is 10.6. The summed E-state index contributed by atoms with van der Waals surface area (Å²) < 4.78 is 22.4. The van der Waals surface area contributed by atoms with Gasteiger partial charge < -0.3 is 18.6 Å². The zero-order chi connectivity index (χ0) is 21.9. The van der Waals surface area contributed by atoms with Gasteiger partial charge in [0.05, 0.1) is 23.9 Å². The standard InChI is InChI=1S/C23H33NO6/c1-6-7-10-23-14-19(25)17(12-16-9-8-11-28-16)18(13-20(23)29-15-27-5)24(23)21(26)30-22(2,3)4/h8-9,11-12,18,20H,6-7,10,13-15H2,1-5H3/b17-12+/t18-,20-,23-/m0/s1. The maximum Gasteiger partial charge on any atom is 0.411 e. The number of Topliss-reactive ketones (excluding diaryl/α,β-unsaturated/α-hetero) is 1. The molecule has 2 bridgehead atoms. The zero-order valence-corrected chi connectivity index (χ0v) is 18.6. The van der Waals surface area contributed by atoms with Crippen molar-refractivity contribution in [2.24, 2.45) is 0 Å². The van der Waals surface area contributed by atoms with Gasteiger partial charge in [-0.05, 0) is 45.4 Å². The van der Waals surface area contributed by atoms with Crippen molar-refractivity contribution in [3.8, 4) is 0 Å². The number of fused-ring (bicyclic) bond motifs is 2. The molecule has 0 N–H and O–H groups in total. The van der Waals surface area contributed by atoms with Crippen LogP contribution >= 0.6 is 0 Å². The predicted octanol–water partition coefficient (Wildman–Crippen LogP) is 4.56. The molecule has 0 aliphatic carbocycles. The van der Waals surface area contributed by atoms with Gasteiger partial charge >= 0.3 is 6.09 Å². The van der Waals surface area contributed by atoms with E-state index in [1.54, 1.807) is 36.5 Å². The summed E-state index contributed by atoms with van der Waals surface area (Å²) in [6, 6.07) is 3.14. The highest BCUT2D eigenvalue weighted by Gasteiger charge is 2.62. The Bertz CT molecular complexity index is 778. The van der Waals surface area contributed by atoms with Crippen LogP contribution in [-0.4, -0.2) is 54.0 Å². The molecule has 2 saturated heterocycles. The van der Waals surface area contributed by atoms with E-state index < -0.39 is 23.3 Å². The first-order chi connectivity index (χ1) is 14.2. The van der Waals surface area contributed by atoms with Crippen molar-refractivity contribution in [3.63, 3.8) is 0 Å². The zero-order valence-electron chi connectivity index (χ0n) is 18.6. The molecule has 0 spiro atoms. The Labute approximate surface area is 178 Å². The average molecular weight is 420 g/mol. The molecular formula is C23H33NO6. The van der Waals surface area contributed by atoms with Crippen molar-refractivity contribution in [3.05, 3.63) is 29.7 Å². The number of furan rings is 1. The minimum atomic E-state index is -0.737. The van der Waals surface area contributed by atoms with E-state index in [1.807, 2.05) is 20.8 Å². The van der Waals surface area contributed by atoms with Gasteiger partial charge in [-0.3, -0.25) is 9.69 Å². The topological polar surface area (TPSA) is 78.2 Å². The number of hydrogen-bond acceptors (Lipinski definition) is 6. The average Bonchev–Trinajstić information content (AvgIpc) is 3.25. The molecule has 3 rings (SSSR count). The summed E-state index contributed by atoms with van der Waals surface area (Å²) in [4.78, 5) is 28.4. The Morgan fingerprint density at radius 2 is 2.17 bits per heavy atom. The second kappa shape index (κ2) is 8.94. The second-order valence-electron chi connectivity index (χ2n) is 9.09. The van der Waals surface area contributed by atoms with Crippen LogP contribution in [0.3, 0.4) is 0 Å². The highest BCUT2D eigenvalue weighted by Crippen LogP contribution is 2.50. The van der Waals surface area contributed by atoms with Crippen LogP contribution in [0.15, 0.2) is 28.4 Å². The Balaban J connectivity index is 2.05. The van der Waals surface area contributed by atoms with Gasteiger partial charge in [-0.1, -0.05) is 19.8 Å². The van der Waals surface area contributed by atoms with Crippen LogP contribution in [0.2, 0.25) is 0 Å². The summed E-state index contributed by atoms with van der Waals surface area (Å²) in [6.45, 7) is 7.75. The minimum Gasteiger partial charge on any atom is -0.465 e. The Morgan fingerprint density at radius 1 is 1.40 bits per heavy atom. The van der Waals surface area contributed by atoms with Crippen molar-refractivity contribution in [2.45, 2.75) is 83.1 Å². The quantitative estimate of drug-likeness (QED) is 0.476. The van der Waals surface area contributed by atoms with Crippen molar-refractivity contribution in [2.75, 3.05) is 13.9 Å². The molecule has 30 heavy (non-hydrogen) atoms. The van der Waals surface area contributed by atoms with Crippen molar-refractivity contribution < 1.29 is 28.2 Å². The normalized spacial score (nSPS) is 27.7. The summed E-state index contributed by atoms with van der Waals surface area (Å²) >= 11 is 0. The molecule has 2 aliphatic rings. The molecule has 0 unspecified atom stereocenters. The highest BCUT2D eigenvalue weighted by atomic mass is 16.7. The monoisotopic (exact) mass is 419 g/mol. The third-order valence-electron chi connectivity index (χ3n) is 5.76. The maximum atomic E-state index is 13.4. The summed E-state index contributed by atoms with van der Waals surface area (Å²) in [5.41, 5.74) is -0.817. The number of ether oxygens (including phenoxy) is 3. The smallest absolute Gasteiger partial charge is 0.411 e. The molecule has 7 heteroatoms. The molecule has 1 aromatic rings. The largest absolute Gasteiger partial charge is 0.465 e. The van der Waals surface area contributed by atoms with Gasteiger partial charge in [0.1, 0.15) is 18.2 Å². The lowest BCUT2D eigenvalue weighted by Gasteiger charge is -2.46. The summed E-state index contributed by atoms with van der Waals surface area (Å²) in [5.74, 6) is 0.612. The molecular weight excluding hydrogens is 386 g/mol. The van der Waals surface area contributed by atoms with Gasteiger partial charge in [-0.15, -0.1) is 0 Å². The summed E-state index contributed by atoms with van der Waals surface area (Å²) in [5, 5.41) is 0. The van der Waals surface area contributed by atoms with Crippen LogP contribution in [0, 0.1) is 0 Å². The lowest BCUT2D eigenvalue weighted by atomic mass is 9.80. The highest BCUT2D eigenvalue weighted by molar-refractivity contribution is 6.03.